The minimum absolute atomic E-state index is 0.500. The molecule has 0 radical (unpaired) electrons. The number of rotatable bonds is 0. The summed E-state index contributed by atoms with van der Waals surface area (Å²) in [5, 5.41) is 0. The van der Waals surface area contributed by atoms with Crippen molar-refractivity contribution in [1.29, 1.82) is 0 Å². The lowest BCUT2D eigenvalue weighted by Crippen LogP contribution is -2.07. The second-order valence-electron chi connectivity index (χ2n) is 11.6. The molecule has 2 fully saturated rings. The SMILES string of the molecule is CC(C)(C)C.CC1C(C)C(C)C(C)C1C.CC1C(C)C(C)C(C)C1C. The van der Waals surface area contributed by atoms with Crippen LogP contribution < -0.4 is 0 Å². The summed E-state index contributed by atoms with van der Waals surface area (Å²) in [5.74, 6) is 9.35. The lowest BCUT2D eigenvalue weighted by atomic mass is 9.92. The molecule has 152 valence electrons. The Morgan fingerprint density at radius 2 is 0.320 bits per heavy atom. The summed E-state index contributed by atoms with van der Waals surface area (Å²) >= 11 is 0. The van der Waals surface area contributed by atoms with Crippen LogP contribution in [0.5, 0.6) is 0 Å². The van der Waals surface area contributed by atoms with Gasteiger partial charge in [0.1, 0.15) is 0 Å². The Balaban J connectivity index is 0.000000368. The fraction of sp³-hybridized carbons (Fsp3) is 1.00. The van der Waals surface area contributed by atoms with E-state index in [4.69, 9.17) is 0 Å². The maximum Gasteiger partial charge on any atom is -0.0386 e. The molecule has 2 aliphatic rings. The number of hydrogen-bond acceptors (Lipinski definition) is 0. The van der Waals surface area contributed by atoms with E-state index >= 15 is 0 Å². The normalized spacial score (nSPS) is 46.8. The summed E-state index contributed by atoms with van der Waals surface area (Å²) < 4.78 is 0. The summed E-state index contributed by atoms with van der Waals surface area (Å²) in [6.45, 7) is 32.7. The largest absolute Gasteiger partial charge is 0.0620 e. The van der Waals surface area contributed by atoms with Crippen molar-refractivity contribution in [3.8, 4) is 0 Å². The molecule has 0 nitrogen and oxygen atoms in total. The van der Waals surface area contributed by atoms with Gasteiger partial charge in [-0.2, -0.15) is 0 Å². The summed E-state index contributed by atoms with van der Waals surface area (Å²) in [6, 6.07) is 0. The van der Waals surface area contributed by atoms with Crippen LogP contribution in [-0.4, -0.2) is 0 Å². The van der Waals surface area contributed by atoms with Gasteiger partial charge in [0.05, 0.1) is 0 Å². The van der Waals surface area contributed by atoms with Crippen molar-refractivity contribution >= 4 is 0 Å². The molecule has 0 heteroatoms. The average Bonchev–Trinajstić information content (AvgIpc) is 2.77. The molecule has 0 heterocycles. The lowest BCUT2D eigenvalue weighted by Gasteiger charge is -2.14. The maximum absolute atomic E-state index is 2.40. The van der Waals surface area contributed by atoms with Gasteiger partial charge in [0.15, 0.2) is 0 Å². The fourth-order valence-corrected chi connectivity index (χ4v) is 4.79. The van der Waals surface area contributed by atoms with Gasteiger partial charge in [-0.3, -0.25) is 0 Å². The molecule has 0 atom stereocenters. The quantitative estimate of drug-likeness (QED) is 0.410. The summed E-state index contributed by atoms with van der Waals surface area (Å²) in [5.41, 5.74) is 0.500. The molecule has 2 rings (SSSR count). The van der Waals surface area contributed by atoms with E-state index in [1.165, 1.54) is 0 Å². The van der Waals surface area contributed by atoms with Crippen LogP contribution >= 0.6 is 0 Å². The molecule has 0 bridgehead atoms. The number of hydrogen-bond donors (Lipinski definition) is 0. The highest BCUT2D eigenvalue weighted by Gasteiger charge is 2.39. The average molecular weight is 353 g/mol. The molecule has 2 aliphatic carbocycles. The predicted octanol–water partition coefficient (Wildman–Crippen LogP) is 8.41. The molecular weight excluding hydrogens is 300 g/mol. The minimum Gasteiger partial charge on any atom is -0.0620 e. The van der Waals surface area contributed by atoms with Crippen LogP contribution in [0.2, 0.25) is 0 Å². The Morgan fingerprint density at radius 1 is 0.280 bits per heavy atom. The highest BCUT2D eigenvalue weighted by molar-refractivity contribution is 4.87. The molecule has 0 aromatic carbocycles. The monoisotopic (exact) mass is 352 g/mol. The van der Waals surface area contributed by atoms with E-state index in [-0.39, 0.29) is 0 Å². The Bertz CT molecular complexity index is 237. The van der Waals surface area contributed by atoms with Crippen LogP contribution in [0.1, 0.15) is 96.9 Å². The van der Waals surface area contributed by atoms with Crippen molar-refractivity contribution in [2.45, 2.75) is 96.9 Å². The van der Waals surface area contributed by atoms with E-state index in [0.717, 1.165) is 59.2 Å². The second-order valence-corrected chi connectivity index (χ2v) is 11.6. The summed E-state index contributed by atoms with van der Waals surface area (Å²) in [6.07, 6.45) is 0. The first-order valence-corrected chi connectivity index (χ1v) is 11.1. The molecular formula is C25H52. The molecule has 0 amide bonds. The van der Waals surface area contributed by atoms with E-state index < -0.39 is 0 Å². The van der Waals surface area contributed by atoms with Gasteiger partial charge in [0.2, 0.25) is 0 Å². The van der Waals surface area contributed by atoms with E-state index in [1.807, 2.05) is 0 Å². The second kappa shape index (κ2) is 9.80. The van der Waals surface area contributed by atoms with Gasteiger partial charge in [-0.25, -0.2) is 0 Å². The molecule has 0 aliphatic heterocycles. The first kappa shape index (κ1) is 25.0. The summed E-state index contributed by atoms with van der Waals surface area (Å²) in [7, 11) is 0. The van der Waals surface area contributed by atoms with Crippen LogP contribution in [0.4, 0.5) is 0 Å². The van der Waals surface area contributed by atoms with Gasteiger partial charge in [0.25, 0.3) is 0 Å². The van der Waals surface area contributed by atoms with E-state index in [2.05, 4.69) is 96.9 Å². The first-order valence-electron chi connectivity index (χ1n) is 11.1. The van der Waals surface area contributed by atoms with Crippen molar-refractivity contribution < 1.29 is 0 Å². The standard InChI is InChI=1S/2C10H20.C5H12/c2*1-6-7(2)9(4)10(5)8(6)3;1-5(2,3)4/h2*6-10H,1-5H3;1-4H3. The van der Waals surface area contributed by atoms with E-state index in [1.54, 1.807) is 0 Å². The minimum atomic E-state index is 0.500. The van der Waals surface area contributed by atoms with Crippen molar-refractivity contribution in [2.24, 2.45) is 64.6 Å². The van der Waals surface area contributed by atoms with E-state index in [9.17, 15) is 0 Å². The fourth-order valence-electron chi connectivity index (χ4n) is 4.79. The third-order valence-corrected chi connectivity index (χ3v) is 8.29. The van der Waals surface area contributed by atoms with Crippen molar-refractivity contribution in [3.05, 3.63) is 0 Å². The molecule has 0 N–H and O–H groups in total. The molecule has 0 aromatic rings. The zero-order valence-electron chi connectivity index (χ0n) is 20.3. The third kappa shape index (κ3) is 7.26. The lowest BCUT2D eigenvalue weighted by molar-refractivity contribution is 0.352. The predicted molar refractivity (Wildman–Crippen MR) is 117 cm³/mol. The molecule has 25 heavy (non-hydrogen) atoms. The van der Waals surface area contributed by atoms with Gasteiger partial charge in [-0.15, -0.1) is 0 Å². The van der Waals surface area contributed by atoms with Crippen LogP contribution in [0, 0.1) is 64.6 Å². The smallest absolute Gasteiger partial charge is 0.0386 e. The van der Waals surface area contributed by atoms with Gasteiger partial charge < -0.3 is 0 Å². The van der Waals surface area contributed by atoms with Gasteiger partial charge in [-0.1, -0.05) is 96.9 Å². The Hall–Kier alpha value is 0. The van der Waals surface area contributed by atoms with Gasteiger partial charge in [0, 0.05) is 0 Å². The zero-order valence-corrected chi connectivity index (χ0v) is 20.3. The zero-order chi connectivity index (χ0) is 20.3. The third-order valence-electron chi connectivity index (χ3n) is 8.29. The molecule has 2 saturated carbocycles. The van der Waals surface area contributed by atoms with Crippen molar-refractivity contribution in [2.75, 3.05) is 0 Å². The van der Waals surface area contributed by atoms with Crippen LogP contribution in [0.3, 0.4) is 0 Å². The van der Waals surface area contributed by atoms with Gasteiger partial charge >= 0.3 is 0 Å². The highest BCUT2D eigenvalue weighted by Crippen LogP contribution is 2.45. The topological polar surface area (TPSA) is 0 Å². The molecule has 0 aromatic heterocycles. The molecule has 0 saturated heterocycles. The first-order chi connectivity index (χ1) is 11.1. The molecule has 0 unspecified atom stereocenters. The maximum atomic E-state index is 2.40. The van der Waals surface area contributed by atoms with Crippen LogP contribution in [0.15, 0.2) is 0 Å². The van der Waals surface area contributed by atoms with Crippen molar-refractivity contribution in [1.82, 2.24) is 0 Å². The summed E-state index contributed by atoms with van der Waals surface area (Å²) in [4.78, 5) is 0. The Kier molecular flexibility index (Phi) is 9.80. The Morgan fingerprint density at radius 3 is 0.360 bits per heavy atom. The van der Waals surface area contributed by atoms with Crippen molar-refractivity contribution in [3.63, 3.8) is 0 Å². The molecule has 0 spiro atoms. The van der Waals surface area contributed by atoms with Gasteiger partial charge in [-0.05, 0) is 64.6 Å². The van der Waals surface area contributed by atoms with Crippen LogP contribution in [-0.2, 0) is 0 Å². The Labute approximate surface area is 161 Å². The highest BCUT2D eigenvalue weighted by atomic mass is 14.4. The van der Waals surface area contributed by atoms with E-state index in [0.29, 0.717) is 5.41 Å². The van der Waals surface area contributed by atoms with Crippen LogP contribution in [0.25, 0.3) is 0 Å².